The predicted molar refractivity (Wildman–Crippen MR) is 111 cm³/mol. The quantitative estimate of drug-likeness (QED) is 0.657. The largest absolute Gasteiger partial charge is 0.350 e. The van der Waals surface area contributed by atoms with E-state index < -0.39 is 39.6 Å². The van der Waals surface area contributed by atoms with Crippen LogP contribution in [-0.2, 0) is 10.0 Å². The molecular weight excluding hydrogens is 425 g/mol. The van der Waals surface area contributed by atoms with Gasteiger partial charge in [0.25, 0.3) is 27.7 Å². The van der Waals surface area contributed by atoms with Crippen LogP contribution in [0.2, 0.25) is 0 Å². The smallest absolute Gasteiger partial charge is 0.269 e. The van der Waals surface area contributed by atoms with Crippen LogP contribution in [-0.4, -0.2) is 49.6 Å². The summed E-state index contributed by atoms with van der Waals surface area (Å²) < 4.78 is 39.6. The highest BCUT2D eigenvalue weighted by Crippen LogP contribution is 2.32. The highest BCUT2D eigenvalue weighted by Gasteiger charge is 2.42. The van der Waals surface area contributed by atoms with Crippen molar-refractivity contribution in [1.29, 1.82) is 0 Å². The second-order valence-electron chi connectivity index (χ2n) is 7.39. The van der Waals surface area contributed by atoms with Crippen molar-refractivity contribution in [2.75, 3.05) is 13.1 Å². The zero-order chi connectivity index (χ0) is 22.9. The highest BCUT2D eigenvalue weighted by molar-refractivity contribution is 7.90. The number of halogens is 1. The summed E-state index contributed by atoms with van der Waals surface area (Å²) in [5.41, 5.74) is 0.700. The summed E-state index contributed by atoms with van der Waals surface area (Å²) in [6.07, 6.45) is 0. The molecule has 0 bridgehead atoms. The van der Waals surface area contributed by atoms with Gasteiger partial charge in [0.15, 0.2) is 0 Å². The molecule has 0 saturated carbocycles. The van der Waals surface area contributed by atoms with Crippen LogP contribution in [0.5, 0.6) is 0 Å². The lowest BCUT2D eigenvalue weighted by atomic mass is 10.1. The molecule has 10 heteroatoms. The van der Waals surface area contributed by atoms with Crippen molar-refractivity contribution in [2.24, 2.45) is 0 Å². The molecule has 2 aromatic rings. The van der Waals surface area contributed by atoms with Gasteiger partial charge in [-0.15, -0.1) is 0 Å². The van der Waals surface area contributed by atoms with Gasteiger partial charge in [0.1, 0.15) is 10.7 Å². The zero-order valence-corrected chi connectivity index (χ0v) is 18.0. The standard InChI is InChI=1S/C21H22FN3O5S/c1-12(2)25-21(28)16-7-6-15(11-18(16)31(25,29)30)20(27)24-9-8-23-19(26)14-5-4-13(3)17(22)10-14/h4-7,10-12H,8-9H2,1-3H3,(H,23,26)(H,24,27). The summed E-state index contributed by atoms with van der Waals surface area (Å²) in [6.45, 7) is 4.93. The molecule has 0 fully saturated rings. The minimum Gasteiger partial charge on any atom is -0.350 e. The molecular formula is C21H22FN3O5S. The first-order valence-corrected chi connectivity index (χ1v) is 11.0. The molecule has 1 aliphatic heterocycles. The number of nitrogens with zero attached hydrogens (tertiary/aromatic N) is 1. The molecule has 3 amide bonds. The number of carbonyl (C=O) groups is 3. The Morgan fingerprint density at radius 1 is 1.00 bits per heavy atom. The summed E-state index contributed by atoms with van der Waals surface area (Å²) >= 11 is 0. The summed E-state index contributed by atoms with van der Waals surface area (Å²) in [7, 11) is -4.01. The molecule has 0 spiro atoms. The molecule has 0 unspecified atom stereocenters. The van der Waals surface area contributed by atoms with Crippen LogP contribution >= 0.6 is 0 Å². The average molecular weight is 447 g/mol. The second-order valence-corrected chi connectivity index (χ2v) is 9.17. The lowest BCUT2D eigenvalue weighted by molar-refractivity contribution is 0.0845. The third-order valence-electron chi connectivity index (χ3n) is 4.81. The lowest BCUT2D eigenvalue weighted by Crippen LogP contribution is -2.36. The Bertz CT molecular complexity index is 1180. The molecule has 0 aliphatic carbocycles. The minimum atomic E-state index is -4.01. The van der Waals surface area contributed by atoms with Gasteiger partial charge >= 0.3 is 0 Å². The van der Waals surface area contributed by atoms with E-state index in [0.29, 0.717) is 5.56 Å². The Morgan fingerprint density at radius 2 is 1.55 bits per heavy atom. The van der Waals surface area contributed by atoms with E-state index in [9.17, 15) is 27.2 Å². The van der Waals surface area contributed by atoms with Crippen LogP contribution in [0.15, 0.2) is 41.3 Å². The van der Waals surface area contributed by atoms with Crippen LogP contribution in [0, 0.1) is 12.7 Å². The van der Waals surface area contributed by atoms with E-state index >= 15 is 0 Å². The van der Waals surface area contributed by atoms with E-state index in [0.717, 1.165) is 10.4 Å². The zero-order valence-electron chi connectivity index (χ0n) is 17.2. The van der Waals surface area contributed by atoms with Gasteiger partial charge in [0, 0.05) is 30.3 Å². The fourth-order valence-corrected chi connectivity index (χ4v) is 4.98. The van der Waals surface area contributed by atoms with E-state index in [1.807, 2.05) is 0 Å². The first-order valence-electron chi connectivity index (χ1n) is 9.59. The maximum absolute atomic E-state index is 13.6. The van der Waals surface area contributed by atoms with Crippen molar-refractivity contribution in [3.8, 4) is 0 Å². The second kappa shape index (κ2) is 8.46. The van der Waals surface area contributed by atoms with Gasteiger partial charge in [0.2, 0.25) is 0 Å². The molecule has 31 heavy (non-hydrogen) atoms. The van der Waals surface area contributed by atoms with Gasteiger partial charge in [-0.05, 0) is 56.7 Å². The van der Waals surface area contributed by atoms with Gasteiger partial charge in [-0.3, -0.25) is 14.4 Å². The van der Waals surface area contributed by atoms with Crippen LogP contribution in [0.4, 0.5) is 4.39 Å². The Morgan fingerprint density at radius 3 is 2.10 bits per heavy atom. The SMILES string of the molecule is Cc1ccc(C(=O)NCCNC(=O)c2ccc3c(c2)S(=O)(=O)N(C(C)C)C3=O)cc1F. The predicted octanol–water partition coefficient (Wildman–Crippen LogP) is 1.85. The molecule has 0 aromatic heterocycles. The maximum Gasteiger partial charge on any atom is 0.269 e. The molecule has 1 heterocycles. The van der Waals surface area contributed by atoms with Gasteiger partial charge < -0.3 is 10.6 Å². The first-order chi connectivity index (χ1) is 14.5. The molecule has 0 atom stereocenters. The Hall–Kier alpha value is -3.27. The third-order valence-corrected chi connectivity index (χ3v) is 6.81. The van der Waals surface area contributed by atoms with Crippen molar-refractivity contribution in [1.82, 2.24) is 14.9 Å². The monoisotopic (exact) mass is 447 g/mol. The van der Waals surface area contributed by atoms with Crippen LogP contribution in [0.25, 0.3) is 0 Å². The van der Waals surface area contributed by atoms with Crippen molar-refractivity contribution >= 4 is 27.7 Å². The number of hydrogen-bond donors (Lipinski definition) is 2. The van der Waals surface area contributed by atoms with Crippen molar-refractivity contribution < 1.29 is 27.2 Å². The molecule has 0 saturated heterocycles. The van der Waals surface area contributed by atoms with E-state index in [1.54, 1.807) is 20.8 Å². The number of amides is 3. The topological polar surface area (TPSA) is 113 Å². The van der Waals surface area contributed by atoms with Crippen LogP contribution in [0.1, 0.15) is 50.5 Å². The summed E-state index contributed by atoms with van der Waals surface area (Å²) in [4.78, 5) is 36.6. The van der Waals surface area contributed by atoms with Gasteiger partial charge in [-0.25, -0.2) is 17.1 Å². The maximum atomic E-state index is 13.6. The van der Waals surface area contributed by atoms with E-state index in [4.69, 9.17) is 0 Å². The molecule has 3 rings (SSSR count). The van der Waals surface area contributed by atoms with Crippen LogP contribution < -0.4 is 10.6 Å². The molecule has 2 N–H and O–H groups in total. The number of benzene rings is 2. The summed E-state index contributed by atoms with van der Waals surface area (Å²) in [6, 6.07) is 7.45. The van der Waals surface area contributed by atoms with Gasteiger partial charge in [0.05, 0.1) is 5.56 Å². The first kappa shape index (κ1) is 22.4. The Labute approximate surface area is 179 Å². The summed E-state index contributed by atoms with van der Waals surface area (Å²) in [5.74, 6) is -2.14. The fraction of sp³-hybridized carbons (Fsp3) is 0.286. The average Bonchev–Trinajstić information content (AvgIpc) is 2.92. The number of carbonyl (C=O) groups excluding carboxylic acids is 3. The molecule has 0 radical (unpaired) electrons. The van der Waals surface area contributed by atoms with Crippen LogP contribution in [0.3, 0.4) is 0 Å². The number of aryl methyl sites for hydroxylation is 1. The molecule has 164 valence electrons. The number of hydrogen-bond acceptors (Lipinski definition) is 5. The minimum absolute atomic E-state index is 0.0304. The number of rotatable bonds is 6. The van der Waals surface area contributed by atoms with Gasteiger partial charge in [-0.1, -0.05) is 6.07 Å². The molecule has 1 aliphatic rings. The summed E-state index contributed by atoms with van der Waals surface area (Å²) in [5, 5.41) is 5.13. The lowest BCUT2D eigenvalue weighted by Gasteiger charge is -2.18. The fourth-order valence-electron chi connectivity index (χ4n) is 3.19. The van der Waals surface area contributed by atoms with Crippen molar-refractivity contribution in [3.05, 3.63) is 64.5 Å². The Kier molecular flexibility index (Phi) is 6.12. The van der Waals surface area contributed by atoms with E-state index in [2.05, 4.69) is 10.6 Å². The van der Waals surface area contributed by atoms with E-state index in [-0.39, 0.29) is 34.7 Å². The Balaban J connectivity index is 1.61. The van der Waals surface area contributed by atoms with Gasteiger partial charge in [-0.2, -0.15) is 0 Å². The number of fused-ring (bicyclic) bond motifs is 1. The van der Waals surface area contributed by atoms with Crippen molar-refractivity contribution in [2.45, 2.75) is 31.7 Å². The van der Waals surface area contributed by atoms with E-state index in [1.165, 1.54) is 30.3 Å². The molecule has 2 aromatic carbocycles. The number of sulfonamides is 1. The normalized spacial score (nSPS) is 14.5. The molecule has 8 nitrogen and oxygen atoms in total. The van der Waals surface area contributed by atoms with Crippen molar-refractivity contribution in [3.63, 3.8) is 0 Å². The third kappa shape index (κ3) is 4.29. The number of nitrogens with one attached hydrogen (secondary N) is 2. The highest BCUT2D eigenvalue weighted by atomic mass is 32.2.